The topological polar surface area (TPSA) is 54.0 Å². The molecule has 4 heteroatoms. The van der Waals surface area contributed by atoms with E-state index in [0.29, 0.717) is 5.69 Å². The number of hydrogen-bond donors (Lipinski definition) is 2. The van der Waals surface area contributed by atoms with Crippen LogP contribution in [0.3, 0.4) is 0 Å². The summed E-state index contributed by atoms with van der Waals surface area (Å²) < 4.78 is 0. The maximum Gasteiger partial charge on any atom is 0.274 e. The lowest BCUT2D eigenvalue weighted by Crippen LogP contribution is -2.13. The van der Waals surface area contributed by atoms with Crippen LogP contribution in [0.15, 0.2) is 66.9 Å². The SMILES string of the molecule is CCc1ccc(NC(=O)c2cc(Nc3ccccc3C)ccn2)cc1. The van der Waals surface area contributed by atoms with Gasteiger partial charge in [0.25, 0.3) is 5.91 Å². The third-order valence-electron chi connectivity index (χ3n) is 4.04. The number of para-hydroxylation sites is 1. The number of nitrogens with one attached hydrogen (secondary N) is 2. The summed E-state index contributed by atoms with van der Waals surface area (Å²) >= 11 is 0. The molecule has 3 aromatic rings. The van der Waals surface area contributed by atoms with Crippen molar-refractivity contribution in [1.29, 1.82) is 0 Å². The summed E-state index contributed by atoms with van der Waals surface area (Å²) in [7, 11) is 0. The molecule has 0 spiro atoms. The van der Waals surface area contributed by atoms with E-state index in [0.717, 1.165) is 29.0 Å². The molecule has 126 valence electrons. The van der Waals surface area contributed by atoms with E-state index in [1.54, 1.807) is 12.3 Å². The summed E-state index contributed by atoms with van der Waals surface area (Å²) in [6, 6.07) is 19.5. The summed E-state index contributed by atoms with van der Waals surface area (Å²) in [6.07, 6.45) is 2.61. The smallest absolute Gasteiger partial charge is 0.274 e. The van der Waals surface area contributed by atoms with E-state index >= 15 is 0 Å². The molecule has 0 saturated heterocycles. The van der Waals surface area contributed by atoms with Crippen molar-refractivity contribution in [2.45, 2.75) is 20.3 Å². The van der Waals surface area contributed by atoms with Gasteiger partial charge in [0.15, 0.2) is 0 Å². The first-order chi connectivity index (χ1) is 12.2. The number of rotatable bonds is 5. The molecule has 0 unspecified atom stereocenters. The number of carbonyl (C=O) groups is 1. The van der Waals surface area contributed by atoms with Crippen molar-refractivity contribution in [1.82, 2.24) is 4.98 Å². The van der Waals surface area contributed by atoms with Gasteiger partial charge in [-0.05, 0) is 54.8 Å². The first-order valence-corrected chi connectivity index (χ1v) is 8.34. The maximum absolute atomic E-state index is 12.4. The van der Waals surface area contributed by atoms with Crippen LogP contribution in [0.1, 0.15) is 28.5 Å². The average molecular weight is 331 g/mol. The molecule has 3 rings (SSSR count). The van der Waals surface area contributed by atoms with Crippen molar-refractivity contribution in [2.24, 2.45) is 0 Å². The van der Waals surface area contributed by atoms with Gasteiger partial charge in [-0.3, -0.25) is 9.78 Å². The van der Waals surface area contributed by atoms with Crippen LogP contribution in [-0.4, -0.2) is 10.9 Å². The standard InChI is InChI=1S/C21H21N3O/c1-3-16-8-10-17(11-9-16)24-21(25)20-14-18(12-13-22-20)23-19-7-5-4-6-15(19)2/h4-14H,3H2,1-2H3,(H,22,23)(H,24,25). The summed E-state index contributed by atoms with van der Waals surface area (Å²) in [6.45, 7) is 4.14. The van der Waals surface area contributed by atoms with Crippen molar-refractivity contribution in [3.05, 3.63) is 83.7 Å². The molecule has 0 bridgehead atoms. The minimum atomic E-state index is -0.224. The Balaban J connectivity index is 1.74. The van der Waals surface area contributed by atoms with Gasteiger partial charge in [0, 0.05) is 23.3 Å². The van der Waals surface area contributed by atoms with E-state index in [1.165, 1.54) is 5.56 Å². The van der Waals surface area contributed by atoms with Gasteiger partial charge in [0.1, 0.15) is 5.69 Å². The van der Waals surface area contributed by atoms with Crippen molar-refractivity contribution in [3.8, 4) is 0 Å². The van der Waals surface area contributed by atoms with Crippen LogP contribution in [-0.2, 0) is 6.42 Å². The molecule has 2 aromatic carbocycles. The van der Waals surface area contributed by atoms with E-state index in [4.69, 9.17) is 0 Å². The third-order valence-corrected chi connectivity index (χ3v) is 4.04. The summed E-state index contributed by atoms with van der Waals surface area (Å²) in [5.41, 5.74) is 5.35. The highest BCUT2D eigenvalue weighted by Gasteiger charge is 2.09. The molecular weight excluding hydrogens is 310 g/mol. The number of amides is 1. The fourth-order valence-corrected chi connectivity index (χ4v) is 2.52. The Morgan fingerprint density at radius 1 is 1.00 bits per heavy atom. The van der Waals surface area contributed by atoms with Gasteiger partial charge in [0.05, 0.1) is 0 Å². The summed E-state index contributed by atoms with van der Waals surface area (Å²) in [5.74, 6) is -0.224. The zero-order valence-corrected chi connectivity index (χ0v) is 14.4. The zero-order valence-electron chi connectivity index (χ0n) is 14.4. The zero-order chi connectivity index (χ0) is 17.6. The fourth-order valence-electron chi connectivity index (χ4n) is 2.52. The highest BCUT2D eigenvalue weighted by atomic mass is 16.1. The van der Waals surface area contributed by atoms with E-state index in [9.17, 15) is 4.79 Å². The van der Waals surface area contributed by atoms with Crippen LogP contribution in [0.4, 0.5) is 17.1 Å². The first-order valence-electron chi connectivity index (χ1n) is 8.34. The lowest BCUT2D eigenvalue weighted by atomic mass is 10.1. The van der Waals surface area contributed by atoms with Gasteiger partial charge in [-0.25, -0.2) is 0 Å². The lowest BCUT2D eigenvalue weighted by Gasteiger charge is -2.10. The van der Waals surface area contributed by atoms with Crippen LogP contribution in [0.2, 0.25) is 0 Å². The van der Waals surface area contributed by atoms with Gasteiger partial charge in [-0.2, -0.15) is 0 Å². The maximum atomic E-state index is 12.4. The van der Waals surface area contributed by atoms with Gasteiger partial charge < -0.3 is 10.6 Å². The second-order valence-electron chi connectivity index (χ2n) is 5.87. The lowest BCUT2D eigenvalue weighted by molar-refractivity contribution is 0.102. The van der Waals surface area contributed by atoms with Crippen LogP contribution in [0, 0.1) is 6.92 Å². The largest absolute Gasteiger partial charge is 0.355 e. The Morgan fingerprint density at radius 3 is 2.48 bits per heavy atom. The molecule has 25 heavy (non-hydrogen) atoms. The molecular formula is C21H21N3O. The van der Waals surface area contributed by atoms with Gasteiger partial charge >= 0.3 is 0 Å². The third kappa shape index (κ3) is 4.23. The molecule has 2 N–H and O–H groups in total. The molecule has 1 amide bonds. The van der Waals surface area contributed by atoms with Crippen molar-refractivity contribution in [3.63, 3.8) is 0 Å². The molecule has 0 aliphatic heterocycles. The number of anilines is 3. The molecule has 0 atom stereocenters. The first kappa shape index (κ1) is 16.7. The number of pyridine rings is 1. The number of nitrogens with zero attached hydrogens (tertiary/aromatic N) is 1. The van der Waals surface area contributed by atoms with Crippen LogP contribution >= 0.6 is 0 Å². The second kappa shape index (κ2) is 7.62. The quantitative estimate of drug-likeness (QED) is 0.695. The van der Waals surface area contributed by atoms with E-state index in [2.05, 4.69) is 22.5 Å². The number of benzene rings is 2. The van der Waals surface area contributed by atoms with Crippen molar-refractivity contribution < 1.29 is 4.79 Å². The Kier molecular flexibility index (Phi) is 5.09. The molecule has 1 aromatic heterocycles. The second-order valence-corrected chi connectivity index (χ2v) is 5.87. The molecule has 0 radical (unpaired) electrons. The minimum Gasteiger partial charge on any atom is -0.355 e. The summed E-state index contributed by atoms with van der Waals surface area (Å²) in [5, 5.41) is 6.21. The fraction of sp³-hybridized carbons (Fsp3) is 0.143. The number of aromatic nitrogens is 1. The van der Waals surface area contributed by atoms with Crippen molar-refractivity contribution in [2.75, 3.05) is 10.6 Å². The van der Waals surface area contributed by atoms with Crippen LogP contribution in [0.5, 0.6) is 0 Å². The summed E-state index contributed by atoms with van der Waals surface area (Å²) in [4.78, 5) is 16.6. The van der Waals surface area contributed by atoms with Crippen molar-refractivity contribution >= 4 is 23.0 Å². The van der Waals surface area contributed by atoms with Crippen LogP contribution < -0.4 is 10.6 Å². The van der Waals surface area contributed by atoms with E-state index in [1.807, 2.05) is 61.5 Å². The molecule has 4 nitrogen and oxygen atoms in total. The number of hydrogen-bond acceptors (Lipinski definition) is 3. The van der Waals surface area contributed by atoms with Crippen LogP contribution in [0.25, 0.3) is 0 Å². The molecule has 0 saturated carbocycles. The molecule has 0 aliphatic rings. The Labute approximate surface area is 147 Å². The Bertz CT molecular complexity index is 872. The molecule has 0 aliphatic carbocycles. The monoisotopic (exact) mass is 331 g/mol. The average Bonchev–Trinajstić information content (AvgIpc) is 2.64. The van der Waals surface area contributed by atoms with Gasteiger partial charge in [0.2, 0.25) is 0 Å². The molecule has 1 heterocycles. The van der Waals surface area contributed by atoms with E-state index < -0.39 is 0 Å². The number of aryl methyl sites for hydroxylation is 2. The van der Waals surface area contributed by atoms with E-state index in [-0.39, 0.29) is 5.91 Å². The van der Waals surface area contributed by atoms with Gasteiger partial charge in [-0.15, -0.1) is 0 Å². The highest BCUT2D eigenvalue weighted by Crippen LogP contribution is 2.20. The minimum absolute atomic E-state index is 0.224. The Morgan fingerprint density at radius 2 is 1.76 bits per heavy atom. The van der Waals surface area contributed by atoms with Gasteiger partial charge in [-0.1, -0.05) is 37.3 Å². The highest BCUT2D eigenvalue weighted by molar-refractivity contribution is 6.03. The normalized spacial score (nSPS) is 10.3. The predicted molar refractivity (Wildman–Crippen MR) is 102 cm³/mol. The Hall–Kier alpha value is -3.14. The molecule has 0 fully saturated rings. The number of carbonyl (C=O) groups excluding carboxylic acids is 1. The predicted octanol–water partition coefficient (Wildman–Crippen LogP) is 4.95.